The number of thioether (sulfide) groups is 1. The Kier molecular flexibility index (Phi) is 2.76. The lowest BCUT2D eigenvalue weighted by molar-refractivity contribution is -0.144. The summed E-state index contributed by atoms with van der Waals surface area (Å²) in [6.45, 7) is 0.464. The van der Waals surface area contributed by atoms with E-state index in [2.05, 4.69) is 9.73 Å². The molecule has 0 saturated carbocycles. The summed E-state index contributed by atoms with van der Waals surface area (Å²) in [6, 6.07) is 0. The number of methoxy groups -OCH3 is 1. The first-order valence-electron chi connectivity index (χ1n) is 3.24. The largest absolute Gasteiger partial charge is 0.469 e. The molecule has 0 fully saturated rings. The molecule has 2 N–H and O–H groups in total. The number of carbonyl (C=O) groups is 1. The summed E-state index contributed by atoms with van der Waals surface area (Å²) >= 11 is 1.40. The van der Waals surface area contributed by atoms with E-state index in [1.54, 1.807) is 0 Å². The number of hydrogen-bond donors (Lipinski definition) is 1. The minimum absolute atomic E-state index is 0.114. The predicted molar refractivity (Wildman–Crippen MR) is 44.5 cm³/mol. The zero-order valence-corrected chi connectivity index (χ0v) is 7.06. The highest BCUT2D eigenvalue weighted by Crippen LogP contribution is 2.15. The van der Waals surface area contributed by atoms with E-state index in [4.69, 9.17) is 5.73 Å². The van der Waals surface area contributed by atoms with E-state index < -0.39 is 0 Å². The van der Waals surface area contributed by atoms with E-state index in [1.165, 1.54) is 18.9 Å². The molecule has 1 rings (SSSR count). The molecule has 1 heterocycles. The maximum absolute atomic E-state index is 10.9. The van der Waals surface area contributed by atoms with E-state index in [0.29, 0.717) is 17.5 Å². The zero-order valence-electron chi connectivity index (χ0n) is 6.24. The van der Waals surface area contributed by atoms with Gasteiger partial charge in [-0.25, -0.2) is 0 Å². The van der Waals surface area contributed by atoms with Crippen molar-refractivity contribution in [2.24, 2.45) is 16.6 Å². The van der Waals surface area contributed by atoms with Crippen LogP contribution in [0.5, 0.6) is 0 Å². The number of nitrogens with zero attached hydrogens (tertiary/aromatic N) is 1. The Bertz CT molecular complexity index is 193. The van der Waals surface area contributed by atoms with Gasteiger partial charge in [0.1, 0.15) is 0 Å². The minimum Gasteiger partial charge on any atom is -0.469 e. The van der Waals surface area contributed by atoms with Crippen molar-refractivity contribution < 1.29 is 9.53 Å². The van der Waals surface area contributed by atoms with E-state index in [1.807, 2.05) is 0 Å². The molecule has 1 aliphatic heterocycles. The van der Waals surface area contributed by atoms with E-state index in [0.717, 1.165) is 0 Å². The second-order valence-electron chi connectivity index (χ2n) is 2.21. The van der Waals surface area contributed by atoms with Crippen LogP contribution in [0.3, 0.4) is 0 Å². The minimum atomic E-state index is -0.200. The van der Waals surface area contributed by atoms with Gasteiger partial charge in [-0.2, -0.15) is 0 Å². The van der Waals surface area contributed by atoms with Crippen LogP contribution in [0, 0.1) is 5.92 Å². The van der Waals surface area contributed by atoms with Gasteiger partial charge in [0.2, 0.25) is 0 Å². The van der Waals surface area contributed by atoms with E-state index in [-0.39, 0.29) is 11.9 Å². The van der Waals surface area contributed by atoms with Crippen molar-refractivity contribution in [3.05, 3.63) is 0 Å². The molecule has 4 nitrogen and oxygen atoms in total. The molecule has 0 aliphatic carbocycles. The number of nitrogens with two attached hydrogens (primary N) is 1. The molecule has 0 aromatic carbocycles. The summed E-state index contributed by atoms with van der Waals surface area (Å²) in [5, 5.41) is 0.560. The Morgan fingerprint density at radius 1 is 1.91 bits per heavy atom. The maximum atomic E-state index is 10.9. The van der Waals surface area contributed by atoms with Crippen LogP contribution in [-0.4, -0.2) is 30.5 Å². The van der Waals surface area contributed by atoms with Gasteiger partial charge in [-0.05, 0) is 0 Å². The summed E-state index contributed by atoms with van der Waals surface area (Å²) in [5.74, 6) is 0.369. The fraction of sp³-hybridized carbons (Fsp3) is 0.667. The van der Waals surface area contributed by atoms with Crippen molar-refractivity contribution in [1.82, 2.24) is 0 Å². The number of amidine groups is 1. The lowest BCUT2D eigenvalue weighted by Gasteiger charge is -2.15. The number of hydrogen-bond acceptors (Lipinski definition) is 5. The third-order valence-electron chi connectivity index (χ3n) is 1.43. The molecule has 5 heteroatoms. The monoisotopic (exact) mass is 174 g/mol. The second kappa shape index (κ2) is 3.61. The molecule has 0 radical (unpaired) electrons. The van der Waals surface area contributed by atoms with Crippen molar-refractivity contribution in [3.63, 3.8) is 0 Å². The highest BCUT2D eigenvalue weighted by atomic mass is 32.2. The molecule has 0 spiro atoms. The number of carbonyl (C=O) groups excluding carboxylic acids is 1. The highest BCUT2D eigenvalue weighted by molar-refractivity contribution is 8.13. The molecule has 0 aromatic rings. The van der Waals surface area contributed by atoms with Crippen molar-refractivity contribution in [2.75, 3.05) is 19.4 Å². The molecular weight excluding hydrogens is 164 g/mol. The first-order valence-corrected chi connectivity index (χ1v) is 4.23. The highest BCUT2D eigenvalue weighted by Gasteiger charge is 2.22. The Labute approximate surface area is 69.2 Å². The lowest BCUT2D eigenvalue weighted by Crippen LogP contribution is -2.28. The topological polar surface area (TPSA) is 64.7 Å². The van der Waals surface area contributed by atoms with Crippen LogP contribution < -0.4 is 5.73 Å². The van der Waals surface area contributed by atoms with Crippen LogP contribution in [0.15, 0.2) is 4.99 Å². The maximum Gasteiger partial charge on any atom is 0.311 e. The molecule has 1 unspecified atom stereocenters. The summed E-state index contributed by atoms with van der Waals surface area (Å²) in [7, 11) is 1.38. The van der Waals surface area contributed by atoms with Gasteiger partial charge in [0, 0.05) is 5.75 Å². The van der Waals surface area contributed by atoms with Crippen LogP contribution in [-0.2, 0) is 9.53 Å². The van der Waals surface area contributed by atoms with Gasteiger partial charge in [0.25, 0.3) is 0 Å². The predicted octanol–water partition coefficient (Wildman–Crippen LogP) is -0.163. The van der Waals surface area contributed by atoms with Gasteiger partial charge < -0.3 is 10.5 Å². The summed E-state index contributed by atoms with van der Waals surface area (Å²) < 4.78 is 4.56. The van der Waals surface area contributed by atoms with Crippen LogP contribution in [0.1, 0.15) is 0 Å². The van der Waals surface area contributed by atoms with Gasteiger partial charge in [-0.3, -0.25) is 9.79 Å². The molecule has 1 atom stereocenters. The van der Waals surface area contributed by atoms with Gasteiger partial charge in [0.05, 0.1) is 19.6 Å². The van der Waals surface area contributed by atoms with Gasteiger partial charge in [-0.1, -0.05) is 11.8 Å². The fourth-order valence-corrected chi connectivity index (χ4v) is 1.57. The Hall–Kier alpha value is -0.710. The SMILES string of the molecule is COC(=O)C1CN=C(N)SC1. The molecule has 0 saturated heterocycles. The molecule has 11 heavy (non-hydrogen) atoms. The quantitative estimate of drug-likeness (QED) is 0.561. The zero-order chi connectivity index (χ0) is 8.27. The average molecular weight is 174 g/mol. The number of rotatable bonds is 1. The average Bonchev–Trinajstić information content (AvgIpc) is 2.05. The lowest BCUT2D eigenvalue weighted by atomic mass is 10.2. The summed E-state index contributed by atoms with van der Waals surface area (Å²) in [6.07, 6.45) is 0. The normalized spacial score (nSPS) is 24.1. The van der Waals surface area contributed by atoms with Crippen LogP contribution in [0.2, 0.25) is 0 Å². The van der Waals surface area contributed by atoms with Crippen molar-refractivity contribution in [3.8, 4) is 0 Å². The van der Waals surface area contributed by atoms with Gasteiger partial charge in [-0.15, -0.1) is 0 Å². The van der Waals surface area contributed by atoms with E-state index >= 15 is 0 Å². The number of esters is 1. The summed E-state index contributed by atoms with van der Waals surface area (Å²) in [4.78, 5) is 14.9. The first-order chi connectivity index (χ1) is 5.24. The molecule has 62 valence electrons. The molecule has 0 bridgehead atoms. The first kappa shape index (κ1) is 8.39. The van der Waals surface area contributed by atoms with E-state index in [9.17, 15) is 4.79 Å². The number of ether oxygens (including phenoxy) is 1. The Morgan fingerprint density at radius 2 is 2.64 bits per heavy atom. The Morgan fingerprint density at radius 3 is 3.09 bits per heavy atom. The molecule has 0 aromatic heterocycles. The Balaban J connectivity index is 2.47. The second-order valence-corrected chi connectivity index (χ2v) is 3.25. The van der Waals surface area contributed by atoms with Crippen LogP contribution in [0.25, 0.3) is 0 Å². The summed E-state index contributed by atoms with van der Waals surface area (Å²) in [5.41, 5.74) is 5.40. The van der Waals surface area contributed by atoms with Gasteiger partial charge >= 0.3 is 5.97 Å². The molecular formula is C6H10N2O2S. The van der Waals surface area contributed by atoms with Gasteiger partial charge in [0.15, 0.2) is 5.17 Å². The third kappa shape index (κ3) is 2.11. The standard InChI is InChI=1S/C6H10N2O2S/c1-10-5(9)4-2-8-6(7)11-3-4/h4H,2-3H2,1H3,(H2,7,8). The fourth-order valence-electron chi connectivity index (χ4n) is 0.794. The van der Waals surface area contributed by atoms with Crippen molar-refractivity contribution in [2.45, 2.75) is 0 Å². The smallest absolute Gasteiger partial charge is 0.311 e. The molecule has 1 aliphatic rings. The van der Waals surface area contributed by atoms with Crippen LogP contribution >= 0.6 is 11.8 Å². The number of aliphatic imine (C=N–C) groups is 1. The molecule has 0 amide bonds. The van der Waals surface area contributed by atoms with Crippen LogP contribution in [0.4, 0.5) is 0 Å². The third-order valence-corrected chi connectivity index (χ3v) is 2.43. The van der Waals surface area contributed by atoms with Crippen molar-refractivity contribution in [1.29, 1.82) is 0 Å². The van der Waals surface area contributed by atoms with Crippen molar-refractivity contribution >= 4 is 22.9 Å².